The van der Waals surface area contributed by atoms with Gasteiger partial charge in [0.05, 0.1) is 7.11 Å². The number of methoxy groups -OCH3 is 1. The van der Waals surface area contributed by atoms with Gasteiger partial charge in [-0.15, -0.1) is 0 Å². The van der Waals surface area contributed by atoms with Crippen molar-refractivity contribution in [2.45, 2.75) is 32.8 Å². The molecule has 0 amide bonds. The Morgan fingerprint density at radius 1 is 1.41 bits per heavy atom. The Labute approximate surface area is 136 Å². The highest BCUT2D eigenvalue weighted by molar-refractivity contribution is 7.74. The van der Waals surface area contributed by atoms with E-state index in [4.69, 9.17) is 8.92 Å². The van der Waals surface area contributed by atoms with Crippen LogP contribution in [0.4, 0.5) is 0 Å². The van der Waals surface area contributed by atoms with Crippen LogP contribution in [0.15, 0.2) is 24.3 Å². The normalized spacial score (nSPS) is 17.0. The number of nitrogens with zero attached hydrogens (tertiary/aromatic N) is 1. The lowest BCUT2D eigenvalue weighted by atomic mass is 9.80. The lowest BCUT2D eigenvalue weighted by Crippen LogP contribution is -2.42. The predicted molar refractivity (Wildman–Crippen MR) is 89.2 cm³/mol. The number of ether oxygens (including phenoxy) is 1. The maximum Gasteiger partial charge on any atom is 0.302 e. The van der Waals surface area contributed by atoms with Crippen molar-refractivity contribution in [1.82, 2.24) is 4.90 Å². The second kappa shape index (κ2) is 8.62. The van der Waals surface area contributed by atoms with Crippen molar-refractivity contribution in [2.75, 3.05) is 27.2 Å². The van der Waals surface area contributed by atoms with Gasteiger partial charge in [-0.05, 0) is 37.7 Å². The van der Waals surface area contributed by atoms with Gasteiger partial charge in [-0.1, -0.05) is 32.9 Å². The molecule has 0 saturated carbocycles. The van der Waals surface area contributed by atoms with Crippen LogP contribution < -0.4 is 4.74 Å². The molecule has 0 saturated heterocycles. The van der Waals surface area contributed by atoms with E-state index in [1.54, 1.807) is 7.11 Å². The van der Waals surface area contributed by atoms with Gasteiger partial charge in [0.25, 0.3) is 0 Å². The van der Waals surface area contributed by atoms with E-state index >= 15 is 0 Å². The molecule has 0 fully saturated rings. The van der Waals surface area contributed by atoms with Gasteiger partial charge in [0.15, 0.2) is 0 Å². The summed E-state index contributed by atoms with van der Waals surface area (Å²) >= 11 is -2.34. The van der Waals surface area contributed by atoms with Crippen molar-refractivity contribution in [1.29, 1.82) is 0 Å². The molecule has 0 aliphatic carbocycles. The van der Waals surface area contributed by atoms with Crippen LogP contribution in [0.25, 0.3) is 0 Å². The van der Waals surface area contributed by atoms with Crippen molar-refractivity contribution in [3.05, 3.63) is 29.8 Å². The van der Waals surface area contributed by atoms with Gasteiger partial charge in [-0.2, -0.15) is 4.21 Å². The maximum absolute atomic E-state index is 11.4. The SMILES string of the molecule is CCN(C)C[C@H](C)[C@@](CC)(OS(=O)O)c1cccc(OC)c1. The molecular formula is C16H27NO4S. The molecule has 3 atom stereocenters. The van der Waals surface area contributed by atoms with Gasteiger partial charge in [0.2, 0.25) is 0 Å². The summed E-state index contributed by atoms with van der Waals surface area (Å²) in [6.45, 7) is 7.76. The quantitative estimate of drug-likeness (QED) is 0.706. The third-order valence-corrected chi connectivity index (χ3v) is 4.67. The molecule has 1 N–H and O–H groups in total. The molecule has 0 aliphatic rings. The molecular weight excluding hydrogens is 302 g/mol. The van der Waals surface area contributed by atoms with E-state index in [-0.39, 0.29) is 5.92 Å². The standard InChI is InChI=1S/C16H27NO4S/c1-6-16(21-22(18)19,13(3)12-17(4)7-2)14-9-8-10-15(11-14)20-5/h8-11,13H,6-7,12H2,1-5H3,(H,18,19)/t13-,16+/m0/s1. The lowest BCUT2D eigenvalue weighted by Gasteiger charge is -2.38. The molecule has 0 bridgehead atoms. The van der Waals surface area contributed by atoms with Gasteiger partial charge in [0.1, 0.15) is 11.4 Å². The smallest absolute Gasteiger partial charge is 0.302 e. The number of hydrogen-bond acceptors (Lipinski definition) is 4. The Morgan fingerprint density at radius 2 is 2.09 bits per heavy atom. The van der Waals surface area contributed by atoms with Crippen LogP contribution in [-0.4, -0.2) is 40.9 Å². The lowest BCUT2D eigenvalue weighted by molar-refractivity contribution is -0.000813. The summed E-state index contributed by atoms with van der Waals surface area (Å²) in [6, 6.07) is 7.52. The summed E-state index contributed by atoms with van der Waals surface area (Å²) in [5.74, 6) is 0.740. The zero-order chi connectivity index (χ0) is 16.8. The van der Waals surface area contributed by atoms with Crippen LogP contribution in [0.3, 0.4) is 0 Å². The van der Waals surface area contributed by atoms with Crippen LogP contribution in [0.2, 0.25) is 0 Å². The molecule has 1 rings (SSSR count). The largest absolute Gasteiger partial charge is 0.497 e. The molecule has 0 aliphatic heterocycles. The highest BCUT2D eigenvalue weighted by Crippen LogP contribution is 2.39. The fraction of sp³-hybridized carbons (Fsp3) is 0.625. The molecule has 5 nitrogen and oxygen atoms in total. The highest BCUT2D eigenvalue weighted by atomic mass is 32.2. The first kappa shape index (κ1) is 19.1. The molecule has 0 spiro atoms. The van der Waals surface area contributed by atoms with Gasteiger partial charge >= 0.3 is 11.4 Å². The fourth-order valence-electron chi connectivity index (χ4n) is 2.78. The second-order valence-electron chi connectivity index (χ2n) is 5.53. The van der Waals surface area contributed by atoms with Gasteiger partial charge in [-0.25, -0.2) is 0 Å². The molecule has 6 heteroatoms. The van der Waals surface area contributed by atoms with Crippen LogP contribution in [0.5, 0.6) is 5.75 Å². The molecule has 0 radical (unpaired) electrons. The Balaban J connectivity index is 3.27. The van der Waals surface area contributed by atoms with E-state index in [2.05, 4.69) is 11.8 Å². The van der Waals surface area contributed by atoms with Crippen LogP contribution in [0.1, 0.15) is 32.8 Å². The van der Waals surface area contributed by atoms with Crippen molar-refractivity contribution < 1.29 is 17.7 Å². The molecule has 1 unspecified atom stereocenters. The molecule has 0 heterocycles. The third kappa shape index (κ3) is 4.52. The minimum Gasteiger partial charge on any atom is -0.497 e. The number of benzene rings is 1. The first-order valence-electron chi connectivity index (χ1n) is 7.53. The predicted octanol–water partition coefficient (Wildman–Crippen LogP) is 3.04. The average molecular weight is 329 g/mol. The summed E-state index contributed by atoms with van der Waals surface area (Å²) in [7, 11) is 3.63. The Bertz CT molecular complexity index is 497. The molecule has 126 valence electrons. The summed E-state index contributed by atoms with van der Waals surface area (Å²) in [5, 5.41) is 0. The van der Waals surface area contributed by atoms with Gasteiger partial charge in [0, 0.05) is 12.5 Å². The monoisotopic (exact) mass is 329 g/mol. The first-order chi connectivity index (χ1) is 10.4. The number of hydrogen-bond donors (Lipinski definition) is 1. The Morgan fingerprint density at radius 3 is 2.59 bits per heavy atom. The molecule has 1 aromatic rings. The van der Waals surface area contributed by atoms with E-state index < -0.39 is 17.0 Å². The summed E-state index contributed by atoms with van der Waals surface area (Å²) in [4.78, 5) is 2.17. The summed E-state index contributed by atoms with van der Waals surface area (Å²) < 4.78 is 31.6. The van der Waals surface area contributed by atoms with E-state index in [1.165, 1.54) is 0 Å². The van der Waals surface area contributed by atoms with E-state index in [0.717, 1.165) is 18.7 Å². The van der Waals surface area contributed by atoms with Crippen molar-refractivity contribution in [3.63, 3.8) is 0 Å². The van der Waals surface area contributed by atoms with E-state index in [9.17, 15) is 8.76 Å². The Kier molecular flexibility index (Phi) is 7.48. The van der Waals surface area contributed by atoms with Crippen LogP contribution in [-0.2, 0) is 21.1 Å². The topological polar surface area (TPSA) is 59.0 Å². The second-order valence-corrected chi connectivity index (χ2v) is 6.13. The summed E-state index contributed by atoms with van der Waals surface area (Å²) in [6.07, 6.45) is 0.588. The fourth-order valence-corrected chi connectivity index (χ4v) is 3.42. The van der Waals surface area contributed by atoms with Gasteiger partial charge in [-0.3, -0.25) is 8.74 Å². The number of rotatable bonds is 9. The van der Waals surface area contributed by atoms with Crippen LogP contribution >= 0.6 is 0 Å². The minimum atomic E-state index is -2.34. The van der Waals surface area contributed by atoms with E-state index in [0.29, 0.717) is 12.2 Å². The first-order valence-corrected chi connectivity index (χ1v) is 8.56. The van der Waals surface area contributed by atoms with Crippen molar-refractivity contribution in [2.24, 2.45) is 5.92 Å². The van der Waals surface area contributed by atoms with Crippen LogP contribution in [0, 0.1) is 5.92 Å². The van der Waals surface area contributed by atoms with Crippen molar-refractivity contribution >= 4 is 11.4 Å². The van der Waals surface area contributed by atoms with E-state index in [1.807, 2.05) is 45.2 Å². The molecule has 1 aromatic carbocycles. The zero-order valence-corrected chi connectivity index (χ0v) is 14.9. The third-order valence-electron chi connectivity index (χ3n) is 4.23. The zero-order valence-electron chi connectivity index (χ0n) is 14.0. The Hall–Kier alpha value is -0.950. The highest BCUT2D eigenvalue weighted by Gasteiger charge is 2.40. The molecule has 0 aromatic heterocycles. The average Bonchev–Trinajstić information content (AvgIpc) is 2.52. The maximum atomic E-state index is 11.4. The summed E-state index contributed by atoms with van der Waals surface area (Å²) in [5.41, 5.74) is 0.0196. The molecule has 22 heavy (non-hydrogen) atoms. The van der Waals surface area contributed by atoms with Crippen molar-refractivity contribution in [3.8, 4) is 5.75 Å². The minimum absolute atomic E-state index is 0.0330. The van der Waals surface area contributed by atoms with Gasteiger partial charge < -0.3 is 9.64 Å².